The van der Waals surface area contributed by atoms with Crippen LogP contribution in [-0.2, 0) is 6.42 Å². The Kier molecular flexibility index (Phi) is 3.43. The largest absolute Gasteiger partial charge is 0.357 e. The Morgan fingerprint density at radius 1 is 1.09 bits per heavy atom. The minimum absolute atomic E-state index is 0.00519. The lowest BCUT2D eigenvalue weighted by Gasteiger charge is -2.30. The van der Waals surface area contributed by atoms with E-state index in [0.717, 1.165) is 17.5 Å². The maximum atomic E-state index is 13.3. The summed E-state index contributed by atoms with van der Waals surface area (Å²) >= 11 is 0.318. The molecule has 2 nitrogen and oxygen atoms in total. The van der Waals surface area contributed by atoms with Crippen LogP contribution in [0.5, 0.6) is 0 Å². The van der Waals surface area contributed by atoms with E-state index in [1.807, 2.05) is 30.3 Å². The molecule has 3 aromatic rings. The van der Waals surface area contributed by atoms with Crippen molar-refractivity contribution in [3.63, 3.8) is 0 Å². The van der Waals surface area contributed by atoms with Gasteiger partial charge in [-0.05, 0) is 36.6 Å². The quantitative estimate of drug-likeness (QED) is 0.713. The Morgan fingerprint density at radius 3 is 2.73 bits per heavy atom. The van der Waals surface area contributed by atoms with Crippen LogP contribution < -0.4 is 5.32 Å². The molecule has 1 aliphatic heterocycles. The average molecular weight is 312 g/mol. The Labute approximate surface area is 133 Å². The van der Waals surface area contributed by atoms with Crippen LogP contribution >= 0.6 is 12.1 Å². The minimum atomic E-state index is 0.00519. The van der Waals surface area contributed by atoms with Crippen LogP contribution in [-0.4, -0.2) is 11.0 Å². The molecule has 0 amide bonds. The van der Waals surface area contributed by atoms with E-state index in [1.54, 1.807) is 0 Å². The number of aromatic amines is 1. The summed E-state index contributed by atoms with van der Waals surface area (Å²) in [6, 6.07) is 16.4. The molecule has 0 spiro atoms. The number of hydrogen-bond donors (Lipinski definition) is 2. The highest BCUT2D eigenvalue weighted by molar-refractivity contribution is 7.94. The number of nitrogens with one attached hydrogen (secondary N) is 2. The normalized spacial score (nSPS) is 21.0. The summed E-state index contributed by atoms with van der Waals surface area (Å²) in [5.74, 6) is 0. The van der Waals surface area contributed by atoms with Gasteiger partial charge in [-0.3, -0.25) is 0 Å². The summed E-state index contributed by atoms with van der Waals surface area (Å²) in [4.78, 5) is 4.22. The monoisotopic (exact) mass is 312 g/mol. The molecular formula is C18H17FN2S. The molecule has 0 bridgehead atoms. The number of hydrogen-bond acceptors (Lipinski definition) is 2. The molecule has 0 saturated heterocycles. The van der Waals surface area contributed by atoms with Crippen LogP contribution in [0.4, 0.5) is 3.89 Å². The average Bonchev–Trinajstić information content (AvgIpc) is 2.93. The van der Waals surface area contributed by atoms with Crippen molar-refractivity contribution in [2.45, 2.75) is 30.3 Å². The van der Waals surface area contributed by atoms with Crippen LogP contribution in [0, 0.1) is 0 Å². The van der Waals surface area contributed by atoms with Gasteiger partial charge in [0.05, 0.1) is 18.2 Å². The third-order valence-electron chi connectivity index (χ3n) is 4.41. The van der Waals surface area contributed by atoms with Crippen molar-refractivity contribution in [2.75, 3.05) is 0 Å². The zero-order valence-electron chi connectivity index (χ0n) is 12.3. The lowest BCUT2D eigenvalue weighted by molar-refractivity contribution is 0.456. The smallest absolute Gasteiger partial charge is 0.0815 e. The summed E-state index contributed by atoms with van der Waals surface area (Å²) in [7, 11) is 0. The van der Waals surface area contributed by atoms with E-state index in [2.05, 4.69) is 35.4 Å². The molecule has 2 heterocycles. The van der Waals surface area contributed by atoms with Gasteiger partial charge in [-0.1, -0.05) is 36.4 Å². The molecule has 1 aliphatic rings. The summed E-state index contributed by atoms with van der Waals surface area (Å²) < 4.78 is 13.3. The van der Waals surface area contributed by atoms with Crippen LogP contribution in [0.3, 0.4) is 0 Å². The Balaban J connectivity index is 1.92. The second-order valence-electron chi connectivity index (χ2n) is 5.88. The number of fused-ring (bicyclic) bond motifs is 3. The Hall–Kier alpha value is -1.78. The third kappa shape index (κ3) is 2.14. The van der Waals surface area contributed by atoms with E-state index in [0.29, 0.717) is 23.1 Å². The second-order valence-corrected chi connectivity index (χ2v) is 6.48. The number of H-pyrrole nitrogens is 1. The highest BCUT2D eigenvalue weighted by atomic mass is 32.2. The van der Waals surface area contributed by atoms with Gasteiger partial charge in [-0.2, -0.15) is 3.89 Å². The van der Waals surface area contributed by atoms with Crippen molar-refractivity contribution < 1.29 is 3.89 Å². The van der Waals surface area contributed by atoms with Gasteiger partial charge in [0, 0.05) is 27.5 Å². The predicted molar refractivity (Wildman–Crippen MR) is 89.9 cm³/mol. The number of benzene rings is 2. The first-order chi connectivity index (χ1) is 10.8. The Morgan fingerprint density at radius 2 is 1.86 bits per heavy atom. The zero-order chi connectivity index (χ0) is 15.1. The molecule has 1 aromatic heterocycles. The molecule has 2 N–H and O–H groups in total. The van der Waals surface area contributed by atoms with Crippen molar-refractivity contribution in [1.29, 1.82) is 0 Å². The molecule has 22 heavy (non-hydrogen) atoms. The minimum Gasteiger partial charge on any atom is -0.357 e. The van der Waals surface area contributed by atoms with E-state index < -0.39 is 0 Å². The van der Waals surface area contributed by atoms with Crippen molar-refractivity contribution in [3.8, 4) is 0 Å². The molecule has 4 heteroatoms. The maximum absolute atomic E-state index is 13.3. The van der Waals surface area contributed by atoms with E-state index in [9.17, 15) is 3.89 Å². The van der Waals surface area contributed by atoms with Gasteiger partial charge in [0.15, 0.2) is 0 Å². The fourth-order valence-electron chi connectivity index (χ4n) is 3.45. The molecule has 0 unspecified atom stereocenters. The highest BCUT2D eigenvalue weighted by Crippen LogP contribution is 2.38. The summed E-state index contributed by atoms with van der Waals surface area (Å²) in [6.45, 7) is 2.18. The van der Waals surface area contributed by atoms with Crippen LogP contribution in [0.15, 0.2) is 53.4 Å². The third-order valence-corrected chi connectivity index (χ3v) is 4.95. The van der Waals surface area contributed by atoms with Gasteiger partial charge >= 0.3 is 0 Å². The first-order valence-electron chi connectivity index (χ1n) is 7.51. The standard InChI is InChI=1S/C18H17FN2S/c1-11-10-14-12-6-2-4-8-15(12)21-18(14)17(20-11)13-7-3-5-9-16(13)22-19/h2-9,11,17,20-21H,10H2,1H3/t11-,17+/m1/s1. The van der Waals surface area contributed by atoms with E-state index in [-0.39, 0.29) is 6.04 Å². The van der Waals surface area contributed by atoms with Gasteiger partial charge in [0.1, 0.15) is 0 Å². The lowest BCUT2D eigenvalue weighted by atomic mass is 9.91. The number of para-hydroxylation sites is 1. The summed E-state index contributed by atoms with van der Waals surface area (Å²) in [5.41, 5.74) is 4.67. The van der Waals surface area contributed by atoms with Gasteiger partial charge in [0.2, 0.25) is 0 Å². The topological polar surface area (TPSA) is 27.8 Å². The van der Waals surface area contributed by atoms with Crippen LogP contribution in [0.1, 0.15) is 29.8 Å². The molecule has 0 aliphatic carbocycles. The highest BCUT2D eigenvalue weighted by Gasteiger charge is 2.29. The Bertz CT molecular complexity index is 827. The maximum Gasteiger partial charge on any atom is 0.0815 e. The number of rotatable bonds is 2. The van der Waals surface area contributed by atoms with E-state index in [1.165, 1.54) is 16.6 Å². The zero-order valence-corrected chi connectivity index (χ0v) is 13.1. The van der Waals surface area contributed by atoms with Crippen molar-refractivity contribution >= 4 is 23.1 Å². The molecule has 0 radical (unpaired) electrons. The van der Waals surface area contributed by atoms with Crippen LogP contribution in [0.2, 0.25) is 0 Å². The van der Waals surface area contributed by atoms with E-state index >= 15 is 0 Å². The first-order valence-corrected chi connectivity index (χ1v) is 8.22. The predicted octanol–water partition coefficient (Wildman–Crippen LogP) is 4.77. The number of halogens is 1. The molecule has 4 rings (SSSR count). The second kappa shape index (κ2) is 5.45. The van der Waals surface area contributed by atoms with Gasteiger partial charge in [0.25, 0.3) is 0 Å². The molecule has 0 fully saturated rings. The molecule has 0 saturated carbocycles. The first kappa shape index (κ1) is 13.9. The molecule has 112 valence electrons. The summed E-state index contributed by atoms with van der Waals surface area (Å²) in [6.07, 6.45) is 0.987. The van der Waals surface area contributed by atoms with Gasteiger partial charge < -0.3 is 10.3 Å². The molecule has 2 atom stereocenters. The number of aromatic nitrogens is 1. The van der Waals surface area contributed by atoms with Crippen LogP contribution in [0.25, 0.3) is 10.9 Å². The summed E-state index contributed by atoms with van der Waals surface area (Å²) in [5, 5.41) is 4.89. The van der Waals surface area contributed by atoms with Gasteiger partial charge in [-0.15, -0.1) is 0 Å². The van der Waals surface area contributed by atoms with E-state index in [4.69, 9.17) is 0 Å². The fraction of sp³-hybridized carbons (Fsp3) is 0.222. The van der Waals surface area contributed by atoms with Crippen molar-refractivity contribution in [2.24, 2.45) is 0 Å². The molecule has 2 aromatic carbocycles. The van der Waals surface area contributed by atoms with Gasteiger partial charge in [-0.25, -0.2) is 0 Å². The molecular weight excluding hydrogens is 295 g/mol. The SMILES string of the molecule is C[C@@H]1Cc2c([nH]c3ccccc23)[C@H](c2ccccc2SF)N1. The van der Waals surface area contributed by atoms with Crippen molar-refractivity contribution in [3.05, 3.63) is 65.4 Å². The lowest BCUT2D eigenvalue weighted by Crippen LogP contribution is -2.38. The van der Waals surface area contributed by atoms with Crippen molar-refractivity contribution in [1.82, 2.24) is 10.3 Å². The fourth-order valence-corrected chi connectivity index (χ4v) is 3.86.